The van der Waals surface area contributed by atoms with Gasteiger partial charge in [0.1, 0.15) is 5.82 Å². The number of para-hydroxylation sites is 1. The second-order valence-corrected chi connectivity index (χ2v) is 5.42. The molecule has 0 aliphatic carbocycles. The van der Waals surface area contributed by atoms with Crippen LogP contribution < -0.4 is 0 Å². The van der Waals surface area contributed by atoms with Gasteiger partial charge in [0, 0.05) is 28.6 Å². The molecular weight excluding hydrogens is 265 g/mol. The van der Waals surface area contributed by atoms with Crippen LogP contribution in [0.4, 0.5) is 4.39 Å². The molecule has 0 N–H and O–H groups in total. The molecule has 104 valence electrons. The average Bonchev–Trinajstić information content (AvgIpc) is 2.69. The SMILES string of the molecule is O=Cc1c2n(c3ccccc13)CCCc1c(F)cccc1-2. The molecule has 0 bridgehead atoms. The number of rotatable bonds is 1. The molecule has 0 radical (unpaired) electrons. The molecule has 2 nitrogen and oxygen atoms in total. The fourth-order valence-electron chi connectivity index (χ4n) is 3.42. The molecular formula is C18H14FNO. The van der Waals surface area contributed by atoms with Gasteiger partial charge in [-0.25, -0.2) is 4.39 Å². The third-order valence-electron chi connectivity index (χ3n) is 4.31. The highest BCUT2D eigenvalue weighted by Crippen LogP contribution is 2.38. The normalized spacial score (nSPS) is 13.6. The molecule has 0 unspecified atom stereocenters. The third kappa shape index (κ3) is 1.67. The Bertz CT molecular complexity index is 863. The predicted octanol–water partition coefficient (Wildman–Crippen LogP) is 4.21. The van der Waals surface area contributed by atoms with E-state index in [2.05, 4.69) is 4.57 Å². The standard InChI is InChI=1S/C18H14FNO/c19-16-8-3-6-14-12(16)7-4-10-20-17-9-2-1-5-13(17)15(11-21)18(14)20/h1-3,5-6,8-9,11H,4,7,10H2. The maximum absolute atomic E-state index is 14.1. The Morgan fingerprint density at radius 1 is 1.10 bits per heavy atom. The van der Waals surface area contributed by atoms with E-state index in [9.17, 15) is 9.18 Å². The molecule has 2 aromatic carbocycles. The van der Waals surface area contributed by atoms with Crippen LogP contribution in [0.2, 0.25) is 0 Å². The van der Waals surface area contributed by atoms with Crippen molar-refractivity contribution in [2.75, 3.05) is 0 Å². The first-order chi connectivity index (χ1) is 10.3. The van der Waals surface area contributed by atoms with E-state index in [1.165, 1.54) is 6.07 Å². The lowest BCUT2D eigenvalue weighted by Gasteiger charge is -2.09. The van der Waals surface area contributed by atoms with E-state index in [1.54, 1.807) is 6.07 Å². The number of aryl methyl sites for hydroxylation is 1. The summed E-state index contributed by atoms with van der Waals surface area (Å²) in [6.07, 6.45) is 2.47. The van der Waals surface area contributed by atoms with E-state index >= 15 is 0 Å². The quantitative estimate of drug-likeness (QED) is 0.612. The van der Waals surface area contributed by atoms with Crippen molar-refractivity contribution in [3.05, 3.63) is 59.4 Å². The molecule has 0 atom stereocenters. The van der Waals surface area contributed by atoms with Crippen LogP contribution in [-0.4, -0.2) is 10.9 Å². The van der Waals surface area contributed by atoms with E-state index in [-0.39, 0.29) is 5.82 Å². The van der Waals surface area contributed by atoms with Crippen molar-refractivity contribution in [2.45, 2.75) is 19.4 Å². The van der Waals surface area contributed by atoms with Crippen molar-refractivity contribution in [3.8, 4) is 11.3 Å². The summed E-state index contributed by atoms with van der Waals surface area (Å²) in [7, 11) is 0. The molecule has 4 rings (SSSR count). The smallest absolute Gasteiger partial charge is 0.152 e. The number of aldehydes is 1. The third-order valence-corrected chi connectivity index (χ3v) is 4.31. The number of carbonyl (C=O) groups excluding carboxylic acids is 1. The van der Waals surface area contributed by atoms with Gasteiger partial charge >= 0.3 is 0 Å². The Labute approximate surface area is 121 Å². The van der Waals surface area contributed by atoms with Crippen molar-refractivity contribution >= 4 is 17.2 Å². The van der Waals surface area contributed by atoms with E-state index in [0.29, 0.717) is 12.0 Å². The molecule has 2 heterocycles. The van der Waals surface area contributed by atoms with Crippen molar-refractivity contribution in [1.82, 2.24) is 4.57 Å². The Morgan fingerprint density at radius 2 is 1.95 bits per heavy atom. The molecule has 21 heavy (non-hydrogen) atoms. The first-order valence-electron chi connectivity index (χ1n) is 7.15. The molecule has 0 saturated carbocycles. The van der Waals surface area contributed by atoms with E-state index < -0.39 is 0 Å². The van der Waals surface area contributed by atoms with Crippen LogP contribution in [0.3, 0.4) is 0 Å². The van der Waals surface area contributed by atoms with Crippen LogP contribution in [0.15, 0.2) is 42.5 Å². The van der Waals surface area contributed by atoms with E-state index in [0.717, 1.165) is 47.0 Å². The Hall–Kier alpha value is -2.42. The molecule has 0 saturated heterocycles. The zero-order valence-corrected chi connectivity index (χ0v) is 11.5. The summed E-state index contributed by atoms with van der Waals surface area (Å²) >= 11 is 0. The molecule has 0 spiro atoms. The van der Waals surface area contributed by atoms with Gasteiger partial charge in [0.2, 0.25) is 0 Å². The predicted molar refractivity (Wildman–Crippen MR) is 81.0 cm³/mol. The lowest BCUT2D eigenvalue weighted by molar-refractivity contribution is 0.112. The van der Waals surface area contributed by atoms with Gasteiger partial charge in [0.25, 0.3) is 0 Å². The number of aromatic nitrogens is 1. The fourth-order valence-corrected chi connectivity index (χ4v) is 3.42. The van der Waals surface area contributed by atoms with Crippen molar-refractivity contribution in [3.63, 3.8) is 0 Å². The molecule has 3 aromatic rings. The highest BCUT2D eigenvalue weighted by atomic mass is 19.1. The number of hydrogen-bond acceptors (Lipinski definition) is 1. The summed E-state index contributed by atoms with van der Waals surface area (Å²) in [6.45, 7) is 0.803. The largest absolute Gasteiger partial charge is 0.340 e. The molecule has 1 aromatic heterocycles. The van der Waals surface area contributed by atoms with Crippen molar-refractivity contribution in [2.24, 2.45) is 0 Å². The average molecular weight is 279 g/mol. The fraction of sp³-hybridized carbons (Fsp3) is 0.167. The number of fused-ring (bicyclic) bond motifs is 5. The minimum absolute atomic E-state index is 0.178. The zero-order chi connectivity index (χ0) is 14.4. The van der Waals surface area contributed by atoms with Gasteiger partial charge in [0.05, 0.1) is 5.69 Å². The molecule has 3 heteroatoms. The minimum Gasteiger partial charge on any atom is -0.340 e. The van der Waals surface area contributed by atoms with Crippen LogP contribution >= 0.6 is 0 Å². The Morgan fingerprint density at radius 3 is 2.81 bits per heavy atom. The van der Waals surface area contributed by atoms with Gasteiger partial charge in [-0.2, -0.15) is 0 Å². The van der Waals surface area contributed by atoms with E-state index in [1.807, 2.05) is 30.3 Å². The van der Waals surface area contributed by atoms with Crippen LogP contribution in [0.1, 0.15) is 22.3 Å². The summed E-state index contributed by atoms with van der Waals surface area (Å²) in [5, 5.41) is 0.944. The highest BCUT2D eigenvalue weighted by Gasteiger charge is 2.23. The summed E-state index contributed by atoms with van der Waals surface area (Å²) in [5.41, 5.74) is 4.15. The number of benzene rings is 2. The first kappa shape index (κ1) is 12.3. The van der Waals surface area contributed by atoms with Crippen molar-refractivity contribution in [1.29, 1.82) is 0 Å². The van der Waals surface area contributed by atoms with Gasteiger partial charge in [0.15, 0.2) is 6.29 Å². The maximum Gasteiger partial charge on any atom is 0.152 e. The zero-order valence-electron chi connectivity index (χ0n) is 11.5. The lowest BCUT2D eigenvalue weighted by Crippen LogP contribution is -1.98. The van der Waals surface area contributed by atoms with Gasteiger partial charge in [-0.1, -0.05) is 30.3 Å². The molecule has 0 fully saturated rings. The van der Waals surface area contributed by atoms with E-state index in [4.69, 9.17) is 0 Å². The highest BCUT2D eigenvalue weighted by molar-refractivity contribution is 6.05. The van der Waals surface area contributed by atoms with Crippen LogP contribution in [-0.2, 0) is 13.0 Å². The number of carbonyl (C=O) groups is 1. The van der Waals surface area contributed by atoms with Crippen molar-refractivity contribution < 1.29 is 9.18 Å². The molecule has 1 aliphatic heterocycles. The van der Waals surface area contributed by atoms with Gasteiger partial charge in [-0.05, 0) is 30.5 Å². The lowest BCUT2D eigenvalue weighted by atomic mass is 9.98. The summed E-state index contributed by atoms with van der Waals surface area (Å²) in [5.74, 6) is -0.178. The molecule has 1 aliphatic rings. The number of halogens is 1. The van der Waals surface area contributed by atoms with Crippen LogP contribution in [0, 0.1) is 5.82 Å². The summed E-state index contributed by atoms with van der Waals surface area (Å²) in [4.78, 5) is 11.7. The molecule has 0 amide bonds. The second-order valence-electron chi connectivity index (χ2n) is 5.42. The Kier molecular flexibility index (Phi) is 2.67. The second kappa shape index (κ2) is 4.55. The van der Waals surface area contributed by atoms with Crippen LogP contribution in [0.5, 0.6) is 0 Å². The first-order valence-corrected chi connectivity index (χ1v) is 7.15. The van der Waals surface area contributed by atoms with Gasteiger partial charge < -0.3 is 4.57 Å². The van der Waals surface area contributed by atoms with Crippen LogP contribution in [0.25, 0.3) is 22.2 Å². The minimum atomic E-state index is -0.178. The van der Waals surface area contributed by atoms with Gasteiger partial charge in [-0.15, -0.1) is 0 Å². The number of hydrogen-bond donors (Lipinski definition) is 0. The summed E-state index contributed by atoms with van der Waals surface area (Å²) < 4.78 is 16.3. The van der Waals surface area contributed by atoms with Gasteiger partial charge in [-0.3, -0.25) is 4.79 Å². The summed E-state index contributed by atoms with van der Waals surface area (Å²) in [6, 6.07) is 13.0. The monoisotopic (exact) mass is 279 g/mol. The number of nitrogens with zero attached hydrogens (tertiary/aromatic N) is 1. The Balaban J connectivity index is 2.18. The maximum atomic E-state index is 14.1. The topological polar surface area (TPSA) is 22.0 Å².